The van der Waals surface area contributed by atoms with Crippen LogP contribution in [0.15, 0.2) is 11.7 Å². The predicted molar refractivity (Wildman–Crippen MR) is 84.2 cm³/mol. The van der Waals surface area contributed by atoms with Crippen LogP contribution in [0.1, 0.15) is 38.4 Å². The maximum Gasteiger partial charge on any atom is 0.322 e. The van der Waals surface area contributed by atoms with Crippen molar-refractivity contribution in [2.24, 2.45) is 0 Å². The van der Waals surface area contributed by atoms with Crippen molar-refractivity contribution < 1.29 is 4.79 Å². The zero-order chi connectivity index (χ0) is 16.2. The zero-order valence-corrected chi connectivity index (χ0v) is 13.6. The molecule has 0 radical (unpaired) electrons. The Labute approximate surface area is 135 Å². The number of carbonyl (C=O) groups is 1. The fraction of sp³-hybridized carbons (Fsp3) is 0.500. The Kier molecular flexibility index (Phi) is 4.46. The number of amides is 2. The van der Waals surface area contributed by atoms with Crippen molar-refractivity contribution in [2.75, 3.05) is 5.32 Å². The quantitative estimate of drug-likeness (QED) is 0.705. The van der Waals surface area contributed by atoms with Crippen molar-refractivity contribution in [3.05, 3.63) is 17.4 Å². The molecule has 0 aliphatic rings. The number of imidazole rings is 1. The molecule has 3 aromatic rings. The molecule has 0 aromatic carbocycles. The molecule has 3 aromatic heterocycles. The maximum absolute atomic E-state index is 12.1. The third-order valence-electron chi connectivity index (χ3n) is 3.28. The summed E-state index contributed by atoms with van der Waals surface area (Å²) in [5.41, 5.74) is 2.46. The molecule has 10 nitrogen and oxygen atoms in total. The molecule has 3 rings (SSSR count). The smallest absolute Gasteiger partial charge is 0.322 e. The Bertz CT molecular complexity index is 763. The Morgan fingerprint density at radius 1 is 1.48 bits per heavy atom. The Morgan fingerprint density at radius 3 is 3.13 bits per heavy atom. The average molecular weight is 335 g/mol. The summed E-state index contributed by atoms with van der Waals surface area (Å²) in [5, 5.41) is 20.8. The number of unbranched alkanes of at least 4 members (excludes halogenated alkanes) is 1. The summed E-state index contributed by atoms with van der Waals surface area (Å²) in [6.07, 6.45) is 3.76. The van der Waals surface area contributed by atoms with E-state index in [2.05, 4.69) is 43.2 Å². The van der Waals surface area contributed by atoms with Gasteiger partial charge >= 0.3 is 6.03 Å². The maximum atomic E-state index is 12.1. The van der Waals surface area contributed by atoms with Gasteiger partial charge in [-0.3, -0.25) is 5.32 Å². The first-order chi connectivity index (χ1) is 11.2. The predicted octanol–water partition coefficient (Wildman–Crippen LogP) is 1.46. The van der Waals surface area contributed by atoms with Crippen LogP contribution in [0.4, 0.5) is 10.7 Å². The number of anilines is 1. The summed E-state index contributed by atoms with van der Waals surface area (Å²) in [6.45, 7) is 4.60. The highest BCUT2D eigenvalue weighted by molar-refractivity contribution is 7.14. The molecule has 3 heterocycles. The van der Waals surface area contributed by atoms with Crippen molar-refractivity contribution in [3.63, 3.8) is 0 Å². The van der Waals surface area contributed by atoms with Crippen LogP contribution >= 0.6 is 11.3 Å². The molecule has 23 heavy (non-hydrogen) atoms. The summed E-state index contributed by atoms with van der Waals surface area (Å²) >= 11 is 1.44. The number of fused-ring (bicyclic) bond motifs is 1. The number of aromatic nitrogens is 7. The van der Waals surface area contributed by atoms with Crippen LogP contribution in [-0.2, 0) is 6.54 Å². The van der Waals surface area contributed by atoms with Crippen LogP contribution in [0, 0.1) is 0 Å². The standard InChI is InChI=1S/C12H17N9OS/c1-3-4-5-20-10(17-18-19-20)16-11(22)14-8(2)9-6-21-12(15-9)23-7-13-21/h6-8H,3-5H2,1-2H3,(H2,14,16,17,19,22). The zero-order valence-electron chi connectivity index (χ0n) is 12.8. The Morgan fingerprint density at radius 2 is 2.35 bits per heavy atom. The van der Waals surface area contributed by atoms with E-state index in [1.165, 1.54) is 11.3 Å². The Hall–Kier alpha value is -2.56. The molecule has 0 spiro atoms. The molecule has 1 unspecified atom stereocenters. The van der Waals surface area contributed by atoms with Crippen LogP contribution in [0.2, 0.25) is 0 Å². The fourth-order valence-corrected chi connectivity index (χ4v) is 2.63. The lowest BCUT2D eigenvalue weighted by atomic mass is 10.2. The van der Waals surface area contributed by atoms with Gasteiger partial charge in [-0.25, -0.2) is 19.0 Å². The summed E-state index contributed by atoms with van der Waals surface area (Å²) in [5.74, 6) is 0.329. The normalized spacial score (nSPS) is 12.4. The Balaban J connectivity index is 1.60. The van der Waals surface area contributed by atoms with E-state index in [1.54, 1.807) is 20.9 Å². The lowest BCUT2D eigenvalue weighted by Crippen LogP contribution is -2.32. The SMILES string of the molecule is CCCCn1nnnc1NC(=O)NC(C)c1cn2ncsc2n1. The first-order valence-electron chi connectivity index (χ1n) is 7.30. The molecule has 2 N–H and O–H groups in total. The molecule has 0 saturated heterocycles. The van der Waals surface area contributed by atoms with Crippen molar-refractivity contribution in [2.45, 2.75) is 39.3 Å². The number of rotatable bonds is 6. The van der Waals surface area contributed by atoms with E-state index in [0.717, 1.165) is 23.5 Å². The third-order valence-corrected chi connectivity index (χ3v) is 3.97. The van der Waals surface area contributed by atoms with Gasteiger partial charge in [-0.2, -0.15) is 5.10 Å². The molecule has 0 aliphatic carbocycles. The highest BCUT2D eigenvalue weighted by Crippen LogP contribution is 2.15. The van der Waals surface area contributed by atoms with Crippen LogP contribution in [0.25, 0.3) is 4.96 Å². The van der Waals surface area contributed by atoms with Gasteiger partial charge in [0, 0.05) is 6.54 Å². The first kappa shape index (κ1) is 15.3. The molecule has 0 aliphatic heterocycles. The van der Waals surface area contributed by atoms with Crippen molar-refractivity contribution in [1.29, 1.82) is 0 Å². The van der Waals surface area contributed by atoms with Gasteiger partial charge in [0.05, 0.1) is 17.9 Å². The van der Waals surface area contributed by atoms with Gasteiger partial charge in [-0.05, 0) is 23.8 Å². The highest BCUT2D eigenvalue weighted by Gasteiger charge is 2.16. The molecule has 0 bridgehead atoms. The topological polar surface area (TPSA) is 115 Å². The molecule has 2 amide bonds. The number of urea groups is 1. The molecule has 0 fully saturated rings. The van der Waals surface area contributed by atoms with Gasteiger partial charge in [-0.15, -0.1) is 0 Å². The molecule has 11 heteroatoms. The monoisotopic (exact) mass is 335 g/mol. The second kappa shape index (κ2) is 6.69. The van der Waals surface area contributed by atoms with E-state index in [9.17, 15) is 4.79 Å². The van der Waals surface area contributed by atoms with E-state index in [0.29, 0.717) is 12.5 Å². The summed E-state index contributed by atoms with van der Waals surface area (Å²) in [6, 6.07) is -0.641. The fourth-order valence-electron chi connectivity index (χ4n) is 2.03. The lowest BCUT2D eigenvalue weighted by molar-refractivity contribution is 0.249. The van der Waals surface area contributed by atoms with E-state index < -0.39 is 0 Å². The van der Waals surface area contributed by atoms with Crippen LogP contribution in [0.5, 0.6) is 0 Å². The number of tetrazole rings is 1. The largest absolute Gasteiger partial charge is 0.330 e. The van der Waals surface area contributed by atoms with E-state index >= 15 is 0 Å². The van der Waals surface area contributed by atoms with Gasteiger partial charge in [0.25, 0.3) is 5.95 Å². The summed E-state index contributed by atoms with van der Waals surface area (Å²) < 4.78 is 3.26. The minimum Gasteiger partial charge on any atom is -0.330 e. The summed E-state index contributed by atoms with van der Waals surface area (Å²) in [4.78, 5) is 17.3. The second-order valence-electron chi connectivity index (χ2n) is 5.03. The van der Waals surface area contributed by atoms with Crippen LogP contribution in [0.3, 0.4) is 0 Å². The summed E-state index contributed by atoms with van der Waals surface area (Å²) in [7, 11) is 0. The average Bonchev–Trinajstić information content (AvgIpc) is 3.20. The number of hydrogen-bond acceptors (Lipinski definition) is 7. The van der Waals surface area contributed by atoms with Gasteiger partial charge in [0.15, 0.2) is 0 Å². The van der Waals surface area contributed by atoms with E-state index in [4.69, 9.17) is 0 Å². The number of hydrogen-bond donors (Lipinski definition) is 2. The molecule has 1 atom stereocenters. The minimum atomic E-state index is -0.380. The van der Waals surface area contributed by atoms with Gasteiger partial charge in [0.1, 0.15) is 5.51 Å². The minimum absolute atomic E-state index is 0.260. The van der Waals surface area contributed by atoms with Crippen LogP contribution in [-0.4, -0.2) is 40.8 Å². The molecule has 122 valence electrons. The third kappa shape index (κ3) is 3.44. The number of nitrogens with zero attached hydrogens (tertiary/aromatic N) is 7. The highest BCUT2D eigenvalue weighted by atomic mass is 32.1. The number of carbonyl (C=O) groups excluding carboxylic acids is 1. The lowest BCUT2D eigenvalue weighted by Gasteiger charge is -2.12. The van der Waals surface area contributed by atoms with Crippen molar-refractivity contribution in [1.82, 2.24) is 40.1 Å². The molecular weight excluding hydrogens is 318 g/mol. The van der Waals surface area contributed by atoms with Gasteiger partial charge < -0.3 is 5.32 Å². The van der Waals surface area contributed by atoms with Gasteiger partial charge in [0.2, 0.25) is 4.96 Å². The van der Waals surface area contributed by atoms with Gasteiger partial charge in [-0.1, -0.05) is 29.8 Å². The van der Waals surface area contributed by atoms with Crippen molar-refractivity contribution in [3.8, 4) is 0 Å². The second-order valence-corrected chi connectivity index (χ2v) is 5.84. The molecular formula is C12H17N9OS. The van der Waals surface area contributed by atoms with E-state index in [-0.39, 0.29) is 12.1 Å². The first-order valence-corrected chi connectivity index (χ1v) is 8.17. The molecule has 0 saturated carbocycles. The van der Waals surface area contributed by atoms with Crippen molar-refractivity contribution >= 4 is 28.3 Å². The number of nitrogens with one attached hydrogen (secondary N) is 2. The number of aryl methyl sites for hydroxylation is 1. The van der Waals surface area contributed by atoms with E-state index in [1.807, 2.05) is 6.92 Å². The van der Waals surface area contributed by atoms with Crippen LogP contribution < -0.4 is 10.6 Å².